The monoisotopic (exact) mass is 438 g/mol. The minimum Gasteiger partial charge on any atom is -0.449 e. The molecule has 174 valence electrons. The highest BCUT2D eigenvalue weighted by atomic mass is 16.4. The van der Waals surface area contributed by atoms with E-state index in [1.165, 1.54) is 5.56 Å². The summed E-state index contributed by atoms with van der Waals surface area (Å²) in [6, 6.07) is 4.30. The van der Waals surface area contributed by atoms with Gasteiger partial charge >= 0.3 is 0 Å². The number of hydrogen-bond acceptors (Lipinski definition) is 4. The first-order valence-corrected chi connectivity index (χ1v) is 12.6. The summed E-state index contributed by atoms with van der Waals surface area (Å²) in [4.78, 5) is 26.0. The molecule has 0 saturated heterocycles. The lowest BCUT2D eigenvalue weighted by atomic mass is 9.96. The fourth-order valence-corrected chi connectivity index (χ4v) is 4.34. The fraction of sp³-hybridized carbons (Fsp3) is 0.571. The first kappa shape index (κ1) is 24.3. The molecule has 0 spiro atoms. The van der Waals surface area contributed by atoms with Gasteiger partial charge in [-0.05, 0) is 68.6 Å². The molecule has 4 nitrogen and oxygen atoms in total. The Morgan fingerprint density at radius 2 is 1.12 bits per heavy atom. The highest BCUT2D eigenvalue weighted by Crippen LogP contribution is 2.35. The number of rotatable bonds is 12. The largest absolute Gasteiger partial charge is 0.449 e. The average Bonchev–Trinajstić information content (AvgIpc) is 2.80. The van der Waals surface area contributed by atoms with Crippen LogP contribution in [0.2, 0.25) is 0 Å². The van der Waals surface area contributed by atoms with Crippen molar-refractivity contribution in [1.82, 2.24) is 0 Å². The zero-order chi connectivity index (χ0) is 23.1. The number of fused-ring (bicyclic) bond motifs is 2. The maximum absolute atomic E-state index is 13.0. The lowest BCUT2D eigenvalue weighted by molar-refractivity contribution is 0.505. The predicted molar refractivity (Wildman–Crippen MR) is 132 cm³/mol. The smallest absolute Gasteiger partial charge is 0.233 e. The molecule has 4 heteroatoms. The van der Waals surface area contributed by atoms with E-state index in [9.17, 15) is 9.59 Å². The zero-order valence-electron chi connectivity index (χ0n) is 20.3. The van der Waals surface area contributed by atoms with E-state index in [1.54, 1.807) is 0 Å². The van der Waals surface area contributed by atoms with Crippen molar-refractivity contribution in [3.63, 3.8) is 0 Å². The zero-order valence-corrected chi connectivity index (χ0v) is 20.3. The molecule has 1 heterocycles. The second kappa shape index (κ2) is 11.5. The Bertz CT molecular complexity index is 1120. The van der Waals surface area contributed by atoms with Gasteiger partial charge in [0.05, 0.1) is 11.1 Å². The lowest BCUT2D eigenvalue weighted by Gasteiger charge is -2.16. The quantitative estimate of drug-likeness (QED) is 0.221. The maximum atomic E-state index is 13.0. The van der Waals surface area contributed by atoms with Crippen molar-refractivity contribution < 1.29 is 8.83 Å². The van der Waals surface area contributed by atoms with Gasteiger partial charge in [0.25, 0.3) is 0 Å². The van der Waals surface area contributed by atoms with Crippen molar-refractivity contribution in [2.45, 2.75) is 105 Å². The first-order valence-electron chi connectivity index (χ1n) is 12.6. The molecule has 0 amide bonds. The third-order valence-electron chi connectivity index (χ3n) is 6.30. The van der Waals surface area contributed by atoms with Crippen LogP contribution >= 0.6 is 0 Å². The van der Waals surface area contributed by atoms with Crippen LogP contribution in [-0.2, 0) is 25.7 Å². The molecule has 1 aromatic rings. The van der Waals surface area contributed by atoms with Crippen molar-refractivity contribution >= 4 is 11.2 Å². The predicted octanol–water partition coefficient (Wildman–Crippen LogP) is 7.22. The van der Waals surface area contributed by atoms with E-state index >= 15 is 0 Å². The molecule has 0 bridgehead atoms. The van der Waals surface area contributed by atoms with Crippen molar-refractivity contribution in [1.29, 1.82) is 0 Å². The van der Waals surface area contributed by atoms with Gasteiger partial charge in [-0.15, -0.1) is 0 Å². The Labute approximate surface area is 191 Å². The molecule has 1 aromatic carbocycles. The summed E-state index contributed by atoms with van der Waals surface area (Å²) in [5.41, 5.74) is 3.93. The Hall–Kier alpha value is -2.36. The number of aryl methyl sites for hydroxylation is 2. The van der Waals surface area contributed by atoms with Gasteiger partial charge in [-0.25, -0.2) is 0 Å². The van der Waals surface area contributed by atoms with E-state index in [2.05, 4.69) is 39.8 Å². The minimum absolute atomic E-state index is 0.412. The van der Waals surface area contributed by atoms with Gasteiger partial charge in [0, 0.05) is 0 Å². The van der Waals surface area contributed by atoms with Crippen LogP contribution in [0.3, 0.4) is 0 Å². The van der Waals surface area contributed by atoms with Crippen LogP contribution in [0.25, 0.3) is 22.7 Å². The molecular formula is C28H38O4. The van der Waals surface area contributed by atoms with Gasteiger partial charge in [0.1, 0.15) is 0 Å². The van der Waals surface area contributed by atoms with E-state index in [-0.39, 0.29) is 0 Å². The summed E-state index contributed by atoms with van der Waals surface area (Å²) < 4.78 is 12.9. The van der Waals surface area contributed by atoms with Crippen LogP contribution in [0.15, 0.2) is 30.6 Å². The van der Waals surface area contributed by atoms with Gasteiger partial charge in [0.2, 0.25) is 10.9 Å². The Morgan fingerprint density at radius 1 is 0.625 bits per heavy atom. The van der Waals surface area contributed by atoms with Crippen molar-refractivity contribution in [2.24, 2.45) is 0 Å². The summed E-state index contributed by atoms with van der Waals surface area (Å²) in [7, 11) is 0. The number of benzene rings is 2. The van der Waals surface area contributed by atoms with E-state index in [0.29, 0.717) is 41.1 Å². The first-order chi connectivity index (χ1) is 15.5. The highest BCUT2D eigenvalue weighted by molar-refractivity contribution is 5.79. The normalized spacial score (nSPS) is 11.6. The molecule has 1 aliphatic heterocycles. The second-order valence-electron chi connectivity index (χ2n) is 8.97. The van der Waals surface area contributed by atoms with Gasteiger partial charge in [-0.2, -0.15) is 0 Å². The standard InChI is InChI=1S/C28H38O4/c1-5-9-13-19-17-20(14-10-6-2)26-23(18-19)31-27-21(15-11-7-3)24(29)25(30)22(16-12-8-4)28(27)32-26/h17-18H,5-16H2,1-4H3. The van der Waals surface area contributed by atoms with Crippen LogP contribution in [0, 0.1) is 0 Å². The van der Waals surface area contributed by atoms with Crippen LogP contribution in [0.4, 0.5) is 0 Å². The molecule has 0 N–H and O–H groups in total. The minimum atomic E-state index is -0.413. The SMILES string of the molecule is CCCCc1cc(CCCC)c2oc3c(CCCC)c(=O)c(=O)c(CCCC)c-3oc2c1. The molecule has 0 atom stereocenters. The van der Waals surface area contributed by atoms with Gasteiger partial charge in [0.15, 0.2) is 22.7 Å². The summed E-state index contributed by atoms with van der Waals surface area (Å²) in [6.07, 6.45) is 11.0. The Kier molecular flexibility index (Phi) is 8.72. The van der Waals surface area contributed by atoms with Crippen LogP contribution in [0.1, 0.15) is 101 Å². The third-order valence-corrected chi connectivity index (χ3v) is 6.30. The van der Waals surface area contributed by atoms with Crippen LogP contribution < -0.4 is 10.9 Å². The summed E-state index contributed by atoms with van der Waals surface area (Å²) in [5.74, 6) is 0.969. The third kappa shape index (κ3) is 5.16. The Morgan fingerprint density at radius 3 is 1.69 bits per heavy atom. The molecule has 3 rings (SSSR count). The lowest BCUT2D eigenvalue weighted by Crippen LogP contribution is -2.32. The second-order valence-corrected chi connectivity index (χ2v) is 8.97. The van der Waals surface area contributed by atoms with Gasteiger partial charge in [-0.1, -0.05) is 59.4 Å². The summed E-state index contributed by atoms with van der Waals surface area (Å²) in [5, 5.41) is 0. The summed E-state index contributed by atoms with van der Waals surface area (Å²) in [6.45, 7) is 8.54. The number of unbranched alkanes of at least 4 members (excludes halogenated alkanes) is 4. The van der Waals surface area contributed by atoms with Crippen LogP contribution in [-0.4, -0.2) is 0 Å². The molecule has 1 aliphatic carbocycles. The van der Waals surface area contributed by atoms with E-state index in [4.69, 9.17) is 8.83 Å². The van der Waals surface area contributed by atoms with Crippen molar-refractivity contribution in [3.8, 4) is 11.5 Å². The topological polar surface area (TPSA) is 60.4 Å². The molecule has 0 fully saturated rings. The average molecular weight is 439 g/mol. The Balaban J connectivity index is 2.33. The van der Waals surface area contributed by atoms with Gasteiger partial charge < -0.3 is 8.83 Å². The van der Waals surface area contributed by atoms with Crippen molar-refractivity contribution in [3.05, 3.63) is 54.8 Å². The molecule has 0 unspecified atom stereocenters. The highest BCUT2D eigenvalue weighted by Gasteiger charge is 2.26. The fourth-order valence-electron chi connectivity index (χ4n) is 4.34. The van der Waals surface area contributed by atoms with Gasteiger partial charge in [-0.3, -0.25) is 9.59 Å². The van der Waals surface area contributed by atoms with E-state index < -0.39 is 10.9 Å². The molecular weight excluding hydrogens is 400 g/mol. The number of hydrogen-bond donors (Lipinski definition) is 0. The molecule has 0 aromatic heterocycles. The van der Waals surface area contributed by atoms with Crippen molar-refractivity contribution in [2.75, 3.05) is 0 Å². The summed E-state index contributed by atoms with van der Waals surface area (Å²) >= 11 is 0. The molecule has 0 radical (unpaired) electrons. The van der Waals surface area contributed by atoms with E-state index in [1.807, 2.05) is 0 Å². The molecule has 0 saturated carbocycles. The van der Waals surface area contributed by atoms with Crippen LogP contribution in [0.5, 0.6) is 0 Å². The van der Waals surface area contributed by atoms with E-state index in [0.717, 1.165) is 75.4 Å². The molecule has 2 aliphatic rings. The molecule has 32 heavy (non-hydrogen) atoms. The maximum Gasteiger partial charge on any atom is 0.233 e.